The number of hydrogen-bond donors (Lipinski definition) is 3. The van der Waals surface area contributed by atoms with E-state index >= 15 is 0 Å². The van der Waals surface area contributed by atoms with Crippen LogP contribution in [0, 0.1) is 0 Å². The van der Waals surface area contributed by atoms with E-state index in [2.05, 4.69) is 20.5 Å². The summed E-state index contributed by atoms with van der Waals surface area (Å²) in [6.07, 6.45) is 1.88. The third-order valence-electron chi connectivity index (χ3n) is 4.08. The van der Waals surface area contributed by atoms with Gasteiger partial charge in [0.2, 0.25) is 5.91 Å². The maximum atomic E-state index is 12.7. The number of nitrogen functional groups attached to an aromatic ring is 1. The van der Waals surface area contributed by atoms with Gasteiger partial charge in [-0.3, -0.25) is 4.79 Å². The van der Waals surface area contributed by atoms with Crippen molar-refractivity contribution in [3.63, 3.8) is 0 Å². The molecule has 0 aliphatic rings. The molecule has 1 unspecified atom stereocenters. The molecule has 0 saturated carbocycles. The second kappa shape index (κ2) is 8.97. The molecule has 0 aliphatic carbocycles. The molecule has 0 radical (unpaired) electrons. The van der Waals surface area contributed by atoms with Gasteiger partial charge in [-0.1, -0.05) is 41.4 Å². The molecule has 1 aromatic heterocycles. The van der Waals surface area contributed by atoms with Crippen molar-refractivity contribution in [2.24, 2.45) is 5.73 Å². The molecule has 3 rings (SSSR count). The predicted octanol–water partition coefficient (Wildman–Crippen LogP) is 3.50. The second-order valence-corrected chi connectivity index (χ2v) is 6.90. The lowest BCUT2D eigenvalue weighted by Crippen LogP contribution is -2.24. The molecule has 28 heavy (non-hydrogen) atoms. The number of nitrogens with two attached hydrogens (primary N) is 2. The number of halogens is 2. The number of anilines is 2. The SMILES string of the molecule is NCCC(C(=O)Nc1cnc(-c2cccc(N)c2)nn1)c1ccc(Cl)c(Cl)c1. The smallest absolute Gasteiger partial charge is 0.233 e. The first-order valence-electron chi connectivity index (χ1n) is 8.49. The van der Waals surface area contributed by atoms with Crippen molar-refractivity contribution in [1.29, 1.82) is 0 Å². The summed E-state index contributed by atoms with van der Waals surface area (Å²) in [6.45, 7) is 0.330. The van der Waals surface area contributed by atoms with Crippen LogP contribution in [-0.2, 0) is 4.79 Å². The van der Waals surface area contributed by atoms with Crippen molar-refractivity contribution in [1.82, 2.24) is 15.2 Å². The lowest BCUT2D eigenvalue weighted by molar-refractivity contribution is -0.117. The fourth-order valence-electron chi connectivity index (χ4n) is 2.70. The lowest BCUT2D eigenvalue weighted by Gasteiger charge is -2.16. The number of rotatable bonds is 6. The van der Waals surface area contributed by atoms with Crippen LogP contribution in [0.5, 0.6) is 0 Å². The molecule has 5 N–H and O–H groups in total. The average Bonchev–Trinajstić information content (AvgIpc) is 2.69. The number of benzene rings is 2. The van der Waals surface area contributed by atoms with Crippen molar-refractivity contribution in [3.05, 3.63) is 64.3 Å². The van der Waals surface area contributed by atoms with Gasteiger partial charge < -0.3 is 16.8 Å². The van der Waals surface area contributed by atoms with Crippen molar-refractivity contribution >= 4 is 40.6 Å². The van der Waals surface area contributed by atoms with E-state index in [0.717, 1.165) is 11.1 Å². The Hall–Kier alpha value is -2.74. The molecule has 0 bridgehead atoms. The molecule has 0 aliphatic heterocycles. The number of carbonyl (C=O) groups excluding carboxylic acids is 1. The van der Waals surface area contributed by atoms with E-state index < -0.39 is 5.92 Å². The fraction of sp³-hybridized carbons (Fsp3) is 0.158. The maximum absolute atomic E-state index is 12.7. The molecule has 7 nitrogen and oxygen atoms in total. The highest BCUT2D eigenvalue weighted by Gasteiger charge is 2.21. The zero-order chi connectivity index (χ0) is 20.1. The van der Waals surface area contributed by atoms with Crippen molar-refractivity contribution in [3.8, 4) is 11.4 Å². The summed E-state index contributed by atoms with van der Waals surface area (Å²) in [5.74, 6) is -0.139. The highest BCUT2D eigenvalue weighted by Crippen LogP contribution is 2.28. The number of aromatic nitrogens is 3. The van der Waals surface area contributed by atoms with Crippen LogP contribution in [0.2, 0.25) is 10.0 Å². The molecule has 0 saturated heterocycles. The van der Waals surface area contributed by atoms with Gasteiger partial charge in [0.05, 0.1) is 22.2 Å². The monoisotopic (exact) mass is 416 g/mol. The summed E-state index contributed by atoms with van der Waals surface area (Å²) in [5, 5.41) is 11.6. The first-order chi connectivity index (χ1) is 13.5. The van der Waals surface area contributed by atoms with Crippen LogP contribution in [0.4, 0.5) is 11.5 Å². The molecule has 3 aromatic rings. The first kappa shape index (κ1) is 20.0. The third kappa shape index (κ3) is 4.75. The van der Waals surface area contributed by atoms with Gasteiger partial charge in [0.15, 0.2) is 11.6 Å². The zero-order valence-electron chi connectivity index (χ0n) is 14.8. The lowest BCUT2D eigenvalue weighted by atomic mass is 9.95. The molecular formula is C19H18Cl2N6O. The Labute approximate surface area is 172 Å². The van der Waals surface area contributed by atoms with Gasteiger partial charge in [-0.05, 0) is 42.8 Å². The first-order valence-corrected chi connectivity index (χ1v) is 9.25. The molecule has 9 heteroatoms. The summed E-state index contributed by atoms with van der Waals surface area (Å²) in [6, 6.07) is 12.2. The number of nitrogens with zero attached hydrogens (tertiary/aromatic N) is 3. The summed E-state index contributed by atoms with van der Waals surface area (Å²) < 4.78 is 0. The largest absolute Gasteiger partial charge is 0.399 e. The van der Waals surface area contributed by atoms with Crippen molar-refractivity contribution < 1.29 is 4.79 Å². The maximum Gasteiger partial charge on any atom is 0.233 e. The molecule has 1 amide bonds. The zero-order valence-corrected chi connectivity index (χ0v) is 16.3. The Balaban J connectivity index is 1.77. The molecule has 1 heterocycles. The van der Waals surface area contributed by atoms with Gasteiger partial charge >= 0.3 is 0 Å². The van der Waals surface area contributed by atoms with Crippen LogP contribution in [0.25, 0.3) is 11.4 Å². The topological polar surface area (TPSA) is 120 Å². The van der Waals surface area contributed by atoms with Crippen LogP contribution in [0.15, 0.2) is 48.7 Å². The van der Waals surface area contributed by atoms with E-state index in [1.807, 2.05) is 6.07 Å². The van der Waals surface area contributed by atoms with Crippen LogP contribution in [-0.4, -0.2) is 27.6 Å². The van der Waals surface area contributed by atoms with Gasteiger partial charge in [0.1, 0.15) is 0 Å². The fourth-order valence-corrected chi connectivity index (χ4v) is 3.01. The Kier molecular flexibility index (Phi) is 6.41. The van der Waals surface area contributed by atoms with E-state index in [9.17, 15) is 4.79 Å². The standard InChI is InChI=1S/C19H18Cl2N6O/c20-15-5-4-11(9-16(15)21)14(6-7-22)19(28)25-17-10-24-18(27-26-17)12-2-1-3-13(23)8-12/h1-5,8-10,14H,6-7,22-23H2,(H,25,26,28). The number of hydrogen-bond acceptors (Lipinski definition) is 6. The Morgan fingerprint density at radius 2 is 1.93 bits per heavy atom. The third-order valence-corrected chi connectivity index (χ3v) is 4.81. The summed E-state index contributed by atoms with van der Waals surface area (Å²) >= 11 is 12.0. The van der Waals surface area contributed by atoms with Crippen molar-refractivity contribution in [2.45, 2.75) is 12.3 Å². The van der Waals surface area contributed by atoms with E-state index in [1.165, 1.54) is 6.20 Å². The molecule has 144 valence electrons. The molecular weight excluding hydrogens is 399 g/mol. The Morgan fingerprint density at radius 1 is 1.11 bits per heavy atom. The normalized spacial score (nSPS) is 11.8. The Morgan fingerprint density at radius 3 is 2.57 bits per heavy atom. The molecule has 2 aromatic carbocycles. The highest BCUT2D eigenvalue weighted by atomic mass is 35.5. The van der Waals surface area contributed by atoms with Gasteiger partial charge in [-0.25, -0.2) is 4.98 Å². The Bertz CT molecular complexity index is 980. The number of nitrogens with one attached hydrogen (secondary N) is 1. The summed E-state index contributed by atoms with van der Waals surface area (Å²) in [7, 11) is 0. The predicted molar refractivity (Wildman–Crippen MR) is 111 cm³/mol. The van der Waals surface area contributed by atoms with Crippen LogP contribution >= 0.6 is 23.2 Å². The minimum absolute atomic E-state index is 0.236. The van der Waals surface area contributed by atoms with E-state index in [1.54, 1.807) is 36.4 Å². The number of amides is 1. The second-order valence-electron chi connectivity index (χ2n) is 6.09. The molecule has 0 fully saturated rings. The van der Waals surface area contributed by atoms with E-state index in [0.29, 0.717) is 34.5 Å². The number of carbonyl (C=O) groups is 1. The van der Waals surface area contributed by atoms with Crippen LogP contribution in [0.1, 0.15) is 17.9 Å². The summed E-state index contributed by atoms with van der Waals surface area (Å²) in [4.78, 5) is 17.0. The summed E-state index contributed by atoms with van der Waals surface area (Å²) in [5.41, 5.74) is 13.5. The van der Waals surface area contributed by atoms with Gasteiger partial charge in [-0.15, -0.1) is 10.2 Å². The molecule has 0 spiro atoms. The van der Waals surface area contributed by atoms with Gasteiger partial charge in [-0.2, -0.15) is 0 Å². The van der Waals surface area contributed by atoms with E-state index in [-0.39, 0.29) is 11.7 Å². The van der Waals surface area contributed by atoms with Crippen LogP contribution in [0.3, 0.4) is 0 Å². The minimum atomic E-state index is -0.504. The quantitative estimate of drug-likeness (QED) is 0.528. The highest BCUT2D eigenvalue weighted by molar-refractivity contribution is 6.42. The van der Waals surface area contributed by atoms with Gasteiger partial charge in [0.25, 0.3) is 0 Å². The van der Waals surface area contributed by atoms with Crippen molar-refractivity contribution in [2.75, 3.05) is 17.6 Å². The van der Waals surface area contributed by atoms with E-state index in [4.69, 9.17) is 34.7 Å². The molecule has 1 atom stereocenters. The average molecular weight is 417 g/mol. The van der Waals surface area contributed by atoms with Gasteiger partial charge in [0, 0.05) is 11.3 Å². The minimum Gasteiger partial charge on any atom is -0.399 e. The van der Waals surface area contributed by atoms with Crippen LogP contribution < -0.4 is 16.8 Å².